The maximum atomic E-state index is 5.91. The smallest absolute Gasteiger partial charge is 0.239 e. The predicted molar refractivity (Wildman–Crippen MR) is 87.8 cm³/mol. The molecule has 1 saturated carbocycles. The first kappa shape index (κ1) is 15.9. The Morgan fingerprint density at radius 2 is 2.14 bits per heavy atom. The summed E-state index contributed by atoms with van der Waals surface area (Å²) in [5, 5.41) is 3.35. The predicted octanol–water partition coefficient (Wildman–Crippen LogP) is 2.60. The quantitative estimate of drug-likeness (QED) is 0.694. The summed E-state index contributed by atoms with van der Waals surface area (Å²) < 4.78 is 5.70. The molecule has 0 radical (unpaired) electrons. The van der Waals surface area contributed by atoms with Gasteiger partial charge in [0.25, 0.3) is 0 Å². The van der Waals surface area contributed by atoms with E-state index in [1.807, 2.05) is 12.1 Å². The van der Waals surface area contributed by atoms with Crippen molar-refractivity contribution < 1.29 is 4.74 Å². The van der Waals surface area contributed by atoms with E-state index in [1.54, 1.807) is 0 Å². The molecule has 1 fully saturated rings. The topological polar surface area (TPSA) is 63.4 Å². The van der Waals surface area contributed by atoms with Gasteiger partial charge >= 0.3 is 0 Å². The zero-order chi connectivity index (χ0) is 15.1. The van der Waals surface area contributed by atoms with Crippen LogP contribution in [0.1, 0.15) is 33.1 Å². The largest absolute Gasteiger partial charge is 0.476 e. The standard InChI is InChI=1S/C16H28N4O/c1-3-10-20(4-2)11-9-18-15-8-7-14(17)16(19-15)21-12-13-5-6-13/h7-8,13H,3-6,9-12,17H2,1-2H3,(H,18,19). The molecule has 0 bridgehead atoms. The minimum Gasteiger partial charge on any atom is -0.476 e. The number of nitrogens with two attached hydrogens (primary N) is 1. The van der Waals surface area contributed by atoms with Crippen LogP contribution in [0, 0.1) is 5.92 Å². The molecular formula is C16H28N4O. The van der Waals surface area contributed by atoms with Crippen molar-refractivity contribution in [3.05, 3.63) is 12.1 Å². The summed E-state index contributed by atoms with van der Waals surface area (Å²) >= 11 is 0. The van der Waals surface area contributed by atoms with Crippen LogP contribution < -0.4 is 15.8 Å². The van der Waals surface area contributed by atoms with E-state index in [0.29, 0.717) is 17.5 Å². The number of ether oxygens (including phenoxy) is 1. The molecule has 5 nitrogen and oxygen atoms in total. The molecule has 1 aromatic rings. The fourth-order valence-corrected chi connectivity index (χ4v) is 2.23. The lowest BCUT2D eigenvalue weighted by Crippen LogP contribution is -2.29. The van der Waals surface area contributed by atoms with Crippen molar-refractivity contribution in [1.82, 2.24) is 9.88 Å². The van der Waals surface area contributed by atoms with Crippen LogP contribution in [0.3, 0.4) is 0 Å². The van der Waals surface area contributed by atoms with Crippen molar-refractivity contribution in [2.75, 3.05) is 43.8 Å². The third kappa shape index (κ3) is 5.42. The first-order valence-corrected chi connectivity index (χ1v) is 8.08. The molecule has 2 rings (SSSR count). The number of nitrogens with one attached hydrogen (secondary N) is 1. The molecule has 5 heteroatoms. The molecule has 0 spiro atoms. The summed E-state index contributed by atoms with van der Waals surface area (Å²) in [6.45, 7) is 9.27. The van der Waals surface area contributed by atoms with Gasteiger partial charge in [-0.15, -0.1) is 0 Å². The lowest BCUT2D eigenvalue weighted by molar-refractivity contribution is 0.290. The molecular weight excluding hydrogens is 264 g/mol. The Morgan fingerprint density at radius 3 is 2.81 bits per heavy atom. The highest BCUT2D eigenvalue weighted by Crippen LogP contribution is 2.30. The molecule has 118 valence electrons. The first-order valence-electron chi connectivity index (χ1n) is 8.08. The van der Waals surface area contributed by atoms with E-state index in [2.05, 4.69) is 29.0 Å². The van der Waals surface area contributed by atoms with E-state index in [0.717, 1.165) is 38.6 Å². The highest BCUT2D eigenvalue weighted by atomic mass is 16.5. The molecule has 0 atom stereocenters. The Kier molecular flexibility index (Phi) is 6.11. The normalized spacial score (nSPS) is 14.4. The van der Waals surface area contributed by atoms with Crippen molar-refractivity contribution in [2.24, 2.45) is 5.92 Å². The second kappa shape index (κ2) is 8.08. The second-order valence-electron chi connectivity index (χ2n) is 5.71. The molecule has 1 aliphatic rings. The second-order valence-corrected chi connectivity index (χ2v) is 5.71. The Morgan fingerprint density at radius 1 is 1.33 bits per heavy atom. The number of nitrogens with zero attached hydrogens (tertiary/aromatic N) is 2. The Labute approximate surface area is 127 Å². The summed E-state index contributed by atoms with van der Waals surface area (Å²) in [4.78, 5) is 6.89. The van der Waals surface area contributed by atoms with E-state index < -0.39 is 0 Å². The van der Waals surface area contributed by atoms with Gasteiger partial charge in [-0.3, -0.25) is 0 Å². The maximum Gasteiger partial charge on any atom is 0.239 e. The van der Waals surface area contributed by atoms with Gasteiger partial charge in [-0.2, -0.15) is 4.98 Å². The monoisotopic (exact) mass is 292 g/mol. The molecule has 21 heavy (non-hydrogen) atoms. The van der Waals surface area contributed by atoms with Gasteiger partial charge in [0.2, 0.25) is 5.88 Å². The zero-order valence-corrected chi connectivity index (χ0v) is 13.3. The van der Waals surface area contributed by atoms with Crippen LogP contribution in [0.4, 0.5) is 11.5 Å². The van der Waals surface area contributed by atoms with Gasteiger partial charge in [-0.1, -0.05) is 13.8 Å². The van der Waals surface area contributed by atoms with Crippen LogP contribution in [-0.2, 0) is 0 Å². The molecule has 1 aromatic heterocycles. The molecule has 0 unspecified atom stereocenters. The van der Waals surface area contributed by atoms with E-state index in [-0.39, 0.29) is 0 Å². The van der Waals surface area contributed by atoms with E-state index in [9.17, 15) is 0 Å². The van der Waals surface area contributed by atoms with Gasteiger partial charge in [0.1, 0.15) is 5.82 Å². The molecule has 0 saturated heterocycles. The fourth-order valence-electron chi connectivity index (χ4n) is 2.23. The number of anilines is 2. The number of rotatable bonds is 10. The Hall–Kier alpha value is -1.49. The van der Waals surface area contributed by atoms with Crippen LogP contribution in [-0.4, -0.2) is 42.7 Å². The van der Waals surface area contributed by atoms with Gasteiger partial charge in [-0.25, -0.2) is 0 Å². The fraction of sp³-hybridized carbons (Fsp3) is 0.688. The SMILES string of the molecule is CCCN(CC)CCNc1ccc(N)c(OCC2CC2)n1. The van der Waals surface area contributed by atoms with Crippen molar-refractivity contribution in [3.63, 3.8) is 0 Å². The molecule has 1 aliphatic carbocycles. The number of hydrogen-bond acceptors (Lipinski definition) is 5. The number of hydrogen-bond donors (Lipinski definition) is 2. The van der Waals surface area contributed by atoms with Crippen LogP contribution in [0.2, 0.25) is 0 Å². The third-order valence-electron chi connectivity index (χ3n) is 3.76. The van der Waals surface area contributed by atoms with Crippen molar-refractivity contribution in [3.8, 4) is 5.88 Å². The average Bonchev–Trinajstić information content (AvgIpc) is 3.31. The molecule has 0 amide bonds. The summed E-state index contributed by atoms with van der Waals surface area (Å²) in [6.07, 6.45) is 3.72. The summed E-state index contributed by atoms with van der Waals surface area (Å²) in [5.74, 6) is 2.10. The van der Waals surface area contributed by atoms with Crippen LogP contribution in [0.15, 0.2) is 12.1 Å². The molecule has 3 N–H and O–H groups in total. The number of aromatic nitrogens is 1. The Balaban J connectivity index is 1.80. The number of likely N-dealkylation sites (N-methyl/N-ethyl adjacent to an activating group) is 1. The summed E-state index contributed by atoms with van der Waals surface area (Å²) in [5.41, 5.74) is 6.52. The van der Waals surface area contributed by atoms with Gasteiger partial charge in [0.15, 0.2) is 0 Å². The highest BCUT2D eigenvalue weighted by molar-refractivity contribution is 5.53. The number of pyridine rings is 1. The number of nitrogen functional groups attached to an aromatic ring is 1. The molecule has 0 aliphatic heterocycles. The van der Waals surface area contributed by atoms with E-state index >= 15 is 0 Å². The van der Waals surface area contributed by atoms with Crippen LogP contribution >= 0.6 is 0 Å². The first-order chi connectivity index (χ1) is 10.2. The summed E-state index contributed by atoms with van der Waals surface area (Å²) in [7, 11) is 0. The van der Waals surface area contributed by atoms with Crippen LogP contribution in [0.5, 0.6) is 5.88 Å². The third-order valence-corrected chi connectivity index (χ3v) is 3.76. The maximum absolute atomic E-state index is 5.91. The van der Waals surface area contributed by atoms with Gasteiger partial charge in [0, 0.05) is 13.1 Å². The van der Waals surface area contributed by atoms with Gasteiger partial charge in [-0.05, 0) is 50.4 Å². The minimum atomic E-state index is 0.563. The molecule has 0 aromatic carbocycles. The minimum absolute atomic E-state index is 0.563. The van der Waals surface area contributed by atoms with E-state index in [1.165, 1.54) is 19.3 Å². The van der Waals surface area contributed by atoms with Crippen molar-refractivity contribution >= 4 is 11.5 Å². The lowest BCUT2D eigenvalue weighted by Gasteiger charge is -2.19. The zero-order valence-electron chi connectivity index (χ0n) is 13.3. The van der Waals surface area contributed by atoms with E-state index in [4.69, 9.17) is 10.5 Å². The molecule has 1 heterocycles. The van der Waals surface area contributed by atoms with Crippen molar-refractivity contribution in [2.45, 2.75) is 33.1 Å². The van der Waals surface area contributed by atoms with Crippen LogP contribution in [0.25, 0.3) is 0 Å². The highest BCUT2D eigenvalue weighted by Gasteiger charge is 2.22. The summed E-state index contributed by atoms with van der Waals surface area (Å²) in [6, 6.07) is 3.77. The Bertz CT molecular complexity index is 434. The van der Waals surface area contributed by atoms with Crippen molar-refractivity contribution in [1.29, 1.82) is 0 Å². The van der Waals surface area contributed by atoms with Gasteiger partial charge in [0.05, 0.1) is 12.3 Å². The van der Waals surface area contributed by atoms with Gasteiger partial charge < -0.3 is 20.7 Å². The lowest BCUT2D eigenvalue weighted by atomic mass is 10.3. The average molecular weight is 292 g/mol.